The van der Waals surface area contributed by atoms with E-state index in [0.29, 0.717) is 19.5 Å². The molecule has 0 saturated carbocycles. The number of carbonyl (C=O) groups excluding carboxylic acids is 3. The third-order valence-electron chi connectivity index (χ3n) is 1.66. The van der Waals surface area contributed by atoms with Gasteiger partial charge in [-0.15, -0.1) is 0 Å². The maximum Gasteiger partial charge on any atom is 0.414 e. The molecule has 112 valence electrons. The highest BCUT2D eigenvalue weighted by Gasteiger charge is 2.14. The van der Waals surface area contributed by atoms with Gasteiger partial charge in [-0.05, 0) is 14.1 Å². The zero-order valence-electron chi connectivity index (χ0n) is 12.0. The Kier molecular flexibility index (Phi) is 13.2. The van der Waals surface area contributed by atoms with Gasteiger partial charge < -0.3 is 26.0 Å². The van der Waals surface area contributed by atoms with E-state index >= 15 is 0 Å². The molecule has 1 rings (SSSR count). The number of rotatable bonds is 2. The molecule has 8 nitrogen and oxygen atoms in total. The van der Waals surface area contributed by atoms with Crippen LogP contribution in [0.3, 0.4) is 0 Å². The Morgan fingerprint density at radius 3 is 2.16 bits per heavy atom. The smallest absolute Gasteiger partial charge is 0.376 e. The van der Waals surface area contributed by atoms with Gasteiger partial charge in [0, 0.05) is 33.6 Å². The molecule has 0 radical (unpaired) electrons. The second-order valence-corrected chi connectivity index (χ2v) is 3.77. The summed E-state index contributed by atoms with van der Waals surface area (Å²) in [6.45, 7) is 0.842. The molecule has 0 aliphatic carbocycles. The van der Waals surface area contributed by atoms with Crippen molar-refractivity contribution in [3.63, 3.8) is 0 Å². The van der Waals surface area contributed by atoms with E-state index in [1.807, 2.05) is 14.1 Å². The first kappa shape index (κ1) is 19.7. The molecule has 1 fully saturated rings. The minimum absolute atomic E-state index is 0.0903. The number of alkyl carbamates (subject to hydrolysis) is 1. The van der Waals surface area contributed by atoms with Crippen LogP contribution in [0.25, 0.3) is 0 Å². The molecule has 2 amide bonds. The monoisotopic (exact) mass is 276 g/mol. The summed E-state index contributed by atoms with van der Waals surface area (Å²) in [6.07, 6.45) is 0.0971. The molecule has 0 spiro atoms. The maximum atomic E-state index is 10.6. The standard InChI is InChI=1S/C5H12N2O.C4H5NO3.C2H7N/c1-7(2)5(8)3-4-6;6-3-1-2-5-4(7)8-3;1-3-2/h3-4,6H2,1-2H3;1-2H2,(H,5,7);3H,1-2H3. The summed E-state index contributed by atoms with van der Waals surface area (Å²) < 4.78 is 4.10. The normalized spacial score (nSPS) is 12.9. The number of esters is 1. The van der Waals surface area contributed by atoms with Gasteiger partial charge in [-0.2, -0.15) is 0 Å². The molecule has 0 unspecified atom stereocenters. The summed E-state index contributed by atoms with van der Waals surface area (Å²) >= 11 is 0. The van der Waals surface area contributed by atoms with E-state index in [0.717, 1.165) is 0 Å². The van der Waals surface area contributed by atoms with Crippen LogP contribution >= 0.6 is 0 Å². The van der Waals surface area contributed by atoms with Crippen molar-refractivity contribution in [3.05, 3.63) is 0 Å². The van der Waals surface area contributed by atoms with Gasteiger partial charge in [0.2, 0.25) is 5.91 Å². The van der Waals surface area contributed by atoms with Crippen molar-refractivity contribution in [2.75, 3.05) is 41.3 Å². The fourth-order valence-electron chi connectivity index (χ4n) is 0.804. The Balaban J connectivity index is 0. The lowest BCUT2D eigenvalue weighted by molar-refractivity contribution is -0.138. The molecule has 0 bridgehead atoms. The number of hydrogen-bond acceptors (Lipinski definition) is 6. The molecule has 0 aromatic carbocycles. The zero-order valence-corrected chi connectivity index (χ0v) is 12.0. The van der Waals surface area contributed by atoms with Gasteiger partial charge in [-0.25, -0.2) is 4.79 Å². The highest BCUT2D eigenvalue weighted by Crippen LogP contribution is 1.91. The summed E-state index contributed by atoms with van der Waals surface area (Å²) in [6, 6.07) is 0. The molecule has 0 atom stereocenters. The quantitative estimate of drug-likeness (QED) is 0.436. The number of cyclic esters (lactones) is 2. The Morgan fingerprint density at radius 2 is 1.95 bits per heavy atom. The molecule has 1 saturated heterocycles. The Hall–Kier alpha value is -1.67. The van der Waals surface area contributed by atoms with Crippen LogP contribution in [0.1, 0.15) is 12.8 Å². The molecule has 0 aromatic heterocycles. The highest BCUT2D eigenvalue weighted by atomic mass is 16.6. The largest absolute Gasteiger partial charge is 0.414 e. The van der Waals surface area contributed by atoms with Gasteiger partial charge in [0.05, 0.1) is 6.42 Å². The third-order valence-corrected chi connectivity index (χ3v) is 1.66. The average Bonchev–Trinajstić information content (AvgIpc) is 2.30. The molecular weight excluding hydrogens is 252 g/mol. The Bertz CT molecular complexity index is 268. The van der Waals surface area contributed by atoms with Crippen LogP contribution < -0.4 is 16.4 Å². The topological polar surface area (TPSA) is 114 Å². The van der Waals surface area contributed by atoms with Crippen LogP contribution in [0.4, 0.5) is 4.79 Å². The summed E-state index contributed by atoms with van der Waals surface area (Å²) in [5.74, 6) is -0.360. The minimum Gasteiger partial charge on any atom is -0.376 e. The molecule has 1 aliphatic heterocycles. The predicted molar refractivity (Wildman–Crippen MR) is 71.5 cm³/mol. The van der Waals surface area contributed by atoms with Crippen LogP contribution in [-0.2, 0) is 14.3 Å². The molecule has 0 aromatic rings. The van der Waals surface area contributed by atoms with E-state index in [2.05, 4.69) is 15.4 Å². The van der Waals surface area contributed by atoms with Crippen molar-refractivity contribution in [1.82, 2.24) is 15.5 Å². The van der Waals surface area contributed by atoms with Gasteiger partial charge in [0.1, 0.15) is 0 Å². The zero-order chi connectivity index (χ0) is 15.3. The van der Waals surface area contributed by atoms with E-state index < -0.39 is 12.1 Å². The van der Waals surface area contributed by atoms with Crippen LogP contribution in [0, 0.1) is 0 Å². The first-order chi connectivity index (χ1) is 8.88. The SMILES string of the molecule is CN(C)C(=O)CCN.CNC.O=C1CCNC(=O)O1. The number of nitrogens with one attached hydrogen (secondary N) is 2. The van der Waals surface area contributed by atoms with Crippen LogP contribution in [0.5, 0.6) is 0 Å². The van der Waals surface area contributed by atoms with Gasteiger partial charge in [-0.1, -0.05) is 0 Å². The summed E-state index contributed by atoms with van der Waals surface area (Å²) in [5, 5.41) is 5.08. The third kappa shape index (κ3) is 14.3. The summed E-state index contributed by atoms with van der Waals surface area (Å²) in [4.78, 5) is 32.4. The van der Waals surface area contributed by atoms with Gasteiger partial charge in [0.25, 0.3) is 0 Å². The fourth-order valence-corrected chi connectivity index (χ4v) is 0.804. The van der Waals surface area contributed by atoms with Crippen LogP contribution in [-0.4, -0.2) is 64.1 Å². The minimum atomic E-state index is -0.638. The number of amides is 2. The summed E-state index contributed by atoms with van der Waals surface area (Å²) in [7, 11) is 7.19. The lowest BCUT2D eigenvalue weighted by Crippen LogP contribution is -2.34. The van der Waals surface area contributed by atoms with Gasteiger partial charge in [0.15, 0.2) is 0 Å². The average molecular weight is 276 g/mol. The summed E-state index contributed by atoms with van der Waals surface area (Å²) in [5.41, 5.74) is 5.12. The number of carbonyl (C=O) groups is 3. The molecule has 1 aliphatic rings. The van der Waals surface area contributed by atoms with Crippen molar-refractivity contribution >= 4 is 18.0 Å². The number of nitrogens with zero attached hydrogens (tertiary/aromatic N) is 1. The van der Waals surface area contributed by atoms with E-state index in [9.17, 15) is 14.4 Å². The van der Waals surface area contributed by atoms with Crippen LogP contribution in [0.2, 0.25) is 0 Å². The van der Waals surface area contributed by atoms with Crippen molar-refractivity contribution in [1.29, 1.82) is 0 Å². The lowest BCUT2D eigenvalue weighted by atomic mass is 10.4. The molecule has 1 heterocycles. The molecule has 19 heavy (non-hydrogen) atoms. The first-order valence-electron chi connectivity index (χ1n) is 5.86. The Morgan fingerprint density at radius 1 is 1.42 bits per heavy atom. The molecule has 8 heteroatoms. The number of nitrogens with two attached hydrogens (primary N) is 1. The lowest BCUT2D eigenvalue weighted by Gasteiger charge is -2.08. The van der Waals surface area contributed by atoms with E-state index in [4.69, 9.17) is 5.73 Å². The predicted octanol–water partition coefficient (Wildman–Crippen LogP) is -1.10. The van der Waals surface area contributed by atoms with Crippen molar-refractivity contribution in [2.45, 2.75) is 12.8 Å². The number of ether oxygens (including phenoxy) is 1. The number of hydrogen-bond donors (Lipinski definition) is 3. The maximum absolute atomic E-state index is 10.6. The second kappa shape index (κ2) is 12.8. The molecule has 4 N–H and O–H groups in total. The Labute approximate surface area is 113 Å². The van der Waals surface area contributed by atoms with Crippen molar-refractivity contribution < 1.29 is 19.1 Å². The van der Waals surface area contributed by atoms with Crippen molar-refractivity contribution in [3.8, 4) is 0 Å². The van der Waals surface area contributed by atoms with Gasteiger partial charge in [-0.3, -0.25) is 9.59 Å². The first-order valence-corrected chi connectivity index (χ1v) is 5.86. The van der Waals surface area contributed by atoms with E-state index in [1.165, 1.54) is 4.90 Å². The van der Waals surface area contributed by atoms with E-state index in [1.54, 1.807) is 14.1 Å². The molecular formula is C11H24N4O4. The fraction of sp³-hybridized carbons (Fsp3) is 0.727. The second-order valence-electron chi connectivity index (χ2n) is 3.77. The highest BCUT2D eigenvalue weighted by molar-refractivity contribution is 5.87. The van der Waals surface area contributed by atoms with Gasteiger partial charge >= 0.3 is 12.1 Å². The van der Waals surface area contributed by atoms with Crippen LogP contribution in [0.15, 0.2) is 0 Å². The van der Waals surface area contributed by atoms with Crippen molar-refractivity contribution in [2.24, 2.45) is 5.73 Å². The van der Waals surface area contributed by atoms with E-state index in [-0.39, 0.29) is 12.3 Å².